The second kappa shape index (κ2) is 7.23. The van der Waals surface area contributed by atoms with Crippen LogP contribution in [0.25, 0.3) is 6.08 Å². The van der Waals surface area contributed by atoms with Crippen molar-refractivity contribution in [3.8, 4) is 5.75 Å². The molecule has 6 nitrogen and oxygen atoms in total. The number of phenols is 1. The molecule has 0 aliphatic carbocycles. The molecule has 0 bridgehead atoms. The Morgan fingerprint density at radius 2 is 1.88 bits per heavy atom. The molecule has 0 atom stereocenters. The van der Waals surface area contributed by atoms with Gasteiger partial charge in [0, 0.05) is 5.69 Å². The van der Waals surface area contributed by atoms with Crippen molar-refractivity contribution in [3.63, 3.8) is 0 Å². The fourth-order valence-corrected chi connectivity index (χ4v) is 3.11. The molecule has 3 amide bonds. The van der Waals surface area contributed by atoms with E-state index in [9.17, 15) is 19.5 Å². The molecule has 1 saturated heterocycles. The number of para-hydroxylation sites is 1. The zero-order valence-corrected chi connectivity index (χ0v) is 13.8. The Labute approximate surface area is 148 Å². The number of hydrogen-bond donors (Lipinski definition) is 2. The molecule has 1 heterocycles. The van der Waals surface area contributed by atoms with E-state index >= 15 is 0 Å². The number of hydrogen-bond acceptors (Lipinski definition) is 5. The molecule has 3 rings (SSSR count). The fourth-order valence-electron chi connectivity index (χ4n) is 2.27. The molecule has 0 aromatic heterocycles. The number of aromatic hydroxyl groups is 1. The van der Waals surface area contributed by atoms with Crippen molar-refractivity contribution in [2.75, 3.05) is 11.9 Å². The Hall–Kier alpha value is -3.06. The fraction of sp³-hybridized carbons (Fsp3) is 0.0556. The van der Waals surface area contributed by atoms with Gasteiger partial charge in [-0.2, -0.15) is 0 Å². The zero-order chi connectivity index (χ0) is 17.8. The molecule has 126 valence electrons. The lowest BCUT2D eigenvalue weighted by Gasteiger charge is -2.12. The third kappa shape index (κ3) is 4.07. The summed E-state index contributed by atoms with van der Waals surface area (Å²) >= 11 is 0.768. The first-order chi connectivity index (χ1) is 12.0. The summed E-state index contributed by atoms with van der Waals surface area (Å²) < 4.78 is 0. The maximum absolute atomic E-state index is 12.4. The van der Waals surface area contributed by atoms with E-state index in [2.05, 4.69) is 5.32 Å². The van der Waals surface area contributed by atoms with Crippen LogP contribution >= 0.6 is 11.8 Å². The maximum Gasteiger partial charge on any atom is 0.294 e. The Balaban J connectivity index is 1.70. The maximum atomic E-state index is 12.4. The monoisotopic (exact) mass is 354 g/mol. The zero-order valence-electron chi connectivity index (χ0n) is 13.0. The average molecular weight is 354 g/mol. The third-order valence-electron chi connectivity index (χ3n) is 3.40. The van der Waals surface area contributed by atoms with Gasteiger partial charge in [-0.3, -0.25) is 19.3 Å². The SMILES string of the molecule is O=C(CN1C(=O)S/C(=C\c2cccc(O)c2)C1=O)Nc1ccccc1. The Kier molecular flexibility index (Phi) is 4.85. The van der Waals surface area contributed by atoms with E-state index in [4.69, 9.17) is 0 Å². The van der Waals surface area contributed by atoms with Crippen LogP contribution < -0.4 is 5.32 Å². The summed E-state index contributed by atoms with van der Waals surface area (Å²) in [7, 11) is 0. The van der Waals surface area contributed by atoms with Gasteiger partial charge in [0.25, 0.3) is 11.1 Å². The molecular formula is C18H14N2O4S. The van der Waals surface area contributed by atoms with Crippen molar-refractivity contribution in [2.24, 2.45) is 0 Å². The van der Waals surface area contributed by atoms with Gasteiger partial charge in [-0.25, -0.2) is 0 Å². The second-order valence-corrected chi connectivity index (χ2v) is 6.27. The van der Waals surface area contributed by atoms with E-state index < -0.39 is 17.1 Å². The molecule has 0 unspecified atom stereocenters. The topological polar surface area (TPSA) is 86.7 Å². The molecular weight excluding hydrogens is 340 g/mol. The minimum Gasteiger partial charge on any atom is -0.508 e. The minimum atomic E-state index is -0.526. The van der Waals surface area contributed by atoms with Crippen LogP contribution in [0.2, 0.25) is 0 Å². The third-order valence-corrected chi connectivity index (χ3v) is 4.31. The number of anilines is 1. The number of thioether (sulfide) groups is 1. The van der Waals surface area contributed by atoms with E-state index in [0.29, 0.717) is 11.3 Å². The number of rotatable bonds is 4. The van der Waals surface area contributed by atoms with E-state index in [1.807, 2.05) is 6.07 Å². The summed E-state index contributed by atoms with van der Waals surface area (Å²) in [4.78, 5) is 37.6. The minimum absolute atomic E-state index is 0.0650. The molecule has 2 N–H and O–H groups in total. The van der Waals surface area contributed by atoms with Crippen LogP contribution in [-0.4, -0.2) is 33.6 Å². The Bertz CT molecular complexity index is 864. The number of imide groups is 1. The van der Waals surface area contributed by atoms with Crippen molar-refractivity contribution < 1.29 is 19.5 Å². The molecule has 1 aliphatic rings. The molecule has 1 fully saturated rings. The lowest BCUT2D eigenvalue weighted by Crippen LogP contribution is -2.36. The molecule has 0 saturated carbocycles. The van der Waals surface area contributed by atoms with E-state index in [-0.39, 0.29) is 17.2 Å². The average Bonchev–Trinajstić information content (AvgIpc) is 2.83. The van der Waals surface area contributed by atoms with E-state index in [1.54, 1.807) is 36.4 Å². The summed E-state index contributed by atoms with van der Waals surface area (Å²) in [6.07, 6.45) is 1.51. The van der Waals surface area contributed by atoms with Crippen LogP contribution in [0.15, 0.2) is 59.5 Å². The molecule has 2 aromatic carbocycles. The summed E-state index contributed by atoms with van der Waals surface area (Å²) in [5, 5.41) is 11.6. The highest BCUT2D eigenvalue weighted by molar-refractivity contribution is 8.18. The largest absolute Gasteiger partial charge is 0.508 e. The van der Waals surface area contributed by atoms with Crippen LogP contribution in [0.4, 0.5) is 10.5 Å². The second-order valence-electron chi connectivity index (χ2n) is 5.28. The molecule has 0 spiro atoms. The normalized spacial score (nSPS) is 15.7. The predicted octanol–water partition coefficient (Wildman–Crippen LogP) is 3.07. The molecule has 7 heteroatoms. The molecule has 25 heavy (non-hydrogen) atoms. The van der Waals surface area contributed by atoms with Gasteiger partial charge >= 0.3 is 0 Å². The Morgan fingerprint density at radius 3 is 2.60 bits per heavy atom. The first-order valence-corrected chi connectivity index (χ1v) is 8.24. The molecule has 0 radical (unpaired) electrons. The lowest BCUT2D eigenvalue weighted by atomic mass is 10.2. The van der Waals surface area contributed by atoms with Gasteiger partial charge in [-0.05, 0) is 47.7 Å². The quantitative estimate of drug-likeness (QED) is 0.824. The van der Waals surface area contributed by atoms with Crippen LogP contribution in [0.3, 0.4) is 0 Å². The van der Waals surface area contributed by atoms with Crippen LogP contribution in [0.5, 0.6) is 5.75 Å². The van der Waals surface area contributed by atoms with Gasteiger partial charge in [0.05, 0.1) is 4.91 Å². The van der Waals surface area contributed by atoms with E-state index in [0.717, 1.165) is 16.7 Å². The number of amides is 3. The van der Waals surface area contributed by atoms with Gasteiger partial charge in [0.2, 0.25) is 5.91 Å². The summed E-state index contributed by atoms with van der Waals surface area (Å²) in [5.41, 5.74) is 1.19. The van der Waals surface area contributed by atoms with Gasteiger partial charge in [-0.1, -0.05) is 30.3 Å². The number of phenolic OH excluding ortho intramolecular Hbond substituents is 1. The predicted molar refractivity (Wildman–Crippen MR) is 95.9 cm³/mol. The van der Waals surface area contributed by atoms with Crippen molar-refractivity contribution in [3.05, 3.63) is 65.1 Å². The van der Waals surface area contributed by atoms with Gasteiger partial charge in [0.15, 0.2) is 0 Å². The van der Waals surface area contributed by atoms with Crippen molar-refractivity contribution in [2.45, 2.75) is 0 Å². The standard InChI is InChI=1S/C18H14N2O4S/c21-14-8-4-5-12(9-14)10-15-17(23)20(18(24)25-15)11-16(22)19-13-6-2-1-3-7-13/h1-10,21H,11H2,(H,19,22)/b15-10-. The lowest BCUT2D eigenvalue weighted by molar-refractivity contribution is -0.127. The highest BCUT2D eigenvalue weighted by atomic mass is 32.2. The van der Waals surface area contributed by atoms with Crippen molar-refractivity contribution in [1.29, 1.82) is 0 Å². The number of benzene rings is 2. The van der Waals surface area contributed by atoms with Crippen LogP contribution in [-0.2, 0) is 9.59 Å². The smallest absolute Gasteiger partial charge is 0.294 e. The highest BCUT2D eigenvalue weighted by Gasteiger charge is 2.36. The molecule has 1 aliphatic heterocycles. The number of carbonyl (C=O) groups is 3. The molecule has 2 aromatic rings. The van der Waals surface area contributed by atoms with Crippen LogP contribution in [0.1, 0.15) is 5.56 Å². The van der Waals surface area contributed by atoms with Crippen molar-refractivity contribution >= 4 is 40.6 Å². The summed E-state index contributed by atoms with van der Waals surface area (Å²) in [6.45, 7) is -0.350. The van der Waals surface area contributed by atoms with Crippen LogP contribution in [0, 0.1) is 0 Å². The number of carbonyl (C=O) groups excluding carboxylic acids is 3. The Morgan fingerprint density at radius 1 is 1.12 bits per heavy atom. The first kappa shape index (κ1) is 16.8. The number of nitrogens with zero attached hydrogens (tertiary/aromatic N) is 1. The number of nitrogens with one attached hydrogen (secondary N) is 1. The summed E-state index contributed by atoms with van der Waals surface area (Å²) in [5.74, 6) is -0.913. The van der Waals surface area contributed by atoms with Gasteiger partial charge < -0.3 is 10.4 Å². The first-order valence-electron chi connectivity index (χ1n) is 7.42. The summed E-state index contributed by atoms with van der Waals surface area (Å²) in [6, 6.07) is 15.1. The van der Waals surface area contributed by atoms with Gasteiger partial charge in [0.1, 0.15) is 12.3 Å². The van der Waals surface area contributed by atoms with Gasteiger partial charge in [-0.15, -0.1) is 0 Å². The van der Waals surface area contributed by atoms with Crippen molar-refractivity contribution in [1.82, 2.24) is 4.90 Å². The van der Waals surface area contributed by atoms with E-state index in [1.165, 1.54) is 18.2 Å². The highest BCUT2D eigenvalue weighted by Crippen LogP contribution is 2.32.